The molecule has 1 aromatic heterocycles. The summed E-state index contributed by atoms with van der Waals surface area (Å²) in [5.74, 6) is -1.31. The van der Waals surface area contributed by atoms with Gasteiger partial charge in [-0.3, -0.25) is 9.88 Å². The number of H-pyrrole nitrogens is 1. The molecule has 5 atom stereocenters. The lowest BCUT2D eigenvalue weighted by Gasteiger charge is -2.41. The zero-order valence-corrected chi connectivity index (χ0v) is 15.3. The van der Waals surface area contributed by atoms with Gasteiger partial charge in [0.05, 0.1) is 30.1 Å². The normalized spacial score (nSPS) is 29.7. The monoisotopic (exact) mass is 400 g/mol. The van der Waals surface area contributed by atoms with E-state index >= 15 is 4.39 Å². The van der Waals surface area contributed by atoms with Crippen LogP contribution in [0.3, 0.4) is 0 Å². The molecule has 3 heterocycles. The molecule has 0 radical (unpaired) electrons. The van der Waals surface area contributed by atoms with Crippen molar-refractivity contribution < 1.29 is 22.5 Å². The van der Waals surface area contributed by atoms with Crippen molar-refractivity contribution >= 4 is 11.2 Å². The molecule has 1 aromatic carbocycles. The van der Waals surface area contributed by atoms with E-state index in [1.54, 1.807) is 0 Å². The maximum atomic E-state index is 15.1. The second-order valence-electron chi connectivity index (χ2n) is 6.84. The number of hydrogen-bond acceptors (Lipinski definition) is 5. The molecule has 146 valence electrons. The number of fused-ring (bicyclic) bond motifs is 1. The van der Waals surface area contributed by atoms with Crippen LogP contribution in [0.5, 0.6) is 0 Å². The first kappa shape index (κ1) is 18.8. The Morgan fingerprint density at radius 2 is 2.15 bits per heavy atom. The van der Waals surface area contributed by atoms with Crippen LogP contribution in [0, 0.1) is 11.6 Å². The zero-order valence-electron chi connectivity index (χ0n) is 14.5. The van der Waals surface area contributed by atoms with Crippen LogP contribution in [-0.4, -0.2) is 50.5 Å². The lowest BCUT2D eigenvalue weighted by Crippen LogP contribution is -2.56. The highest BCUT2D eigenvalue weighted by Gasteiger charge is 2.44. The number of nitrogens with two attached hydrogens (primary N) is 1. The van der Waals surface area contributed by atoms with Crippen molar-refractivity contribution in [1.82, 2.24) is 14.9 Å². The molecule has 2 aliphatic heterocycles. The molecule has 6 nitrogen and oxygen atoms in total. The number of halogens is 3. The van der Waals surface area contributed by atoms with Gasteiger partial charge >= 0.3 is 5.16 Å². The molecule has 2 aliphatic rings. The van der Waals surface area contributed by atoms with Gasteiger partial charge in [-0.05, 0) is 18.2 Å². The van der Waals surface area contributed by atoms with Crippen molar-refractivity contribution in [3.8, 4) is 0 Å². The fraction of sp³-hybridized carbons (Fsp3) is 0.471. The average molecular weight is 400 g/mol. The zero-order chi connectivity index (χ0) is 19.3. The van der Waals surface area contributed by atoms with Gasteiger partial charge in [0, 0.05) is 29.8 Å². The summed E-state index contributed by atoms with van der Waals surface area (Å²) in [5, 5.41) is 0.398. The Labute approximate surface area is 157 Å². The second kappa shape index (κ2) is 7.10. The number of nitrogens with one attached hydrogen (secondary N) is 1. The second-order valence-corrected chi connectivity index (χ2v) is 8.13. The SMILES string of the molecule is C[S+]([O-])c1nc2c([nH]1)CN([C@H]1CO[C@H](c3cc(F)ccc3F)[C@@H](N)[C@H]1F)C2. The number of benzene rings is 1. The average Bonchev–Trinajstić information content (AvgIpc) is 3.19. The Kier molecular flexibility index (Phi) is 4.93. The number of alkyl halides is 1. The first-order valence-corrected chi connectivity index (χ1v) is 10.0. The Bertz CT molecular complexity index is 826. The molecule has 27 heavy (non-hydrogen) atoms. The van der Waals surface area contributed by atoms with Crippen molar-refractivity contribution in [2.75, 3.05) is 12.9 Å². The lowest BCUT2D eigenvalue weighted by molar-refractivity contribution is -0.0933. The van der Waals surface area contributed by atoms with Crippen LogP contribution >= 0.6 is 0 Å². The Balaban J connectivity index is 1.48. The van der Waals surface area contributed by atoms with Crippen LogP contribution < -0.4 is 5.73 Å². The fourth-order valence-electron chi connectivity index (χ4n) is 3.67. The minimum Gasteiger partial charge on any atom is -0.609 e. The van der Waals surface area contributed by atoms with E-state index in [4.69, 9.17) is 10.5 Å². The molecule has 10 heteroatoms. The molecule has 0 saturated carbocycles. The van der Waals surface area contributed by atoms with Crippen molar-refractivity contribution in [3.63, 3.8) is 0 Å². The van der Waals surface area contributed by atoms with E-state index in [9.17, 15) is 13.3 Å². The first-order chi connectivity index (χ1) is 12.8. The molecule has 2 aromatic rings. The van der Waals surface area contributed by atoms with Gasteiger partial charge in [0.2, 0.25) is 0 Å². The number of ether oxygens (including phenoxy) is 1. The van der Waals surface area contributed by atoms with Gasteiger partial charge in [0.1, 0.15) is 30.2 Å². The smallest absolute Gasteiger partial charge is 0.320 e. The molecular formula is C17H19F3N4O2S. The predicted molar refractivity (Wildman–Crippen MR) is 91.9 cm³/mol. The Morgan fingerprint density at radius 1 is 1.37 bits per heavy atom. The minimum absolute atomic E-state index is 0.00761. The van der Waals surface area contributed by atoms with Crippen LogP contribution in [0.1, 0.15) is 23.1 Å². The van der Waals surface area contributed by atoms with Gasteiger partial charge in [-0.2, -0.15) is 4.98 Å². The highest BCUT2D eigenvalue weighted by Crippen LogP contribution is 2.35. The number of nitrogens with zero attached hydrogens (tertiary/aromatic N) is 2. The molecule has 0 aliphatic carbocycles. The molecule has 3 N–H and O–H groups in total. The van der Waals surface area contributed by atoms with Crippen LogP contribution in [0.15, 0.2) is 23.4 Å². The first-order valence-electron chi connectivity index (χ1n) is 8.46. The van der Waals surface area contributed by atoms with Crippen LogP contribution in [0.4, 0.5) is 13.2 Å². The predicted octanol–water partition coefficient (Wildman–Crippen LogP) is 1.55. The van der Waals surface area contributed by atoms with Gasteiger partial charge in [-0.15, -0.1) is 0 Å². The summed E-state index contributed by atoms with van der Waals surface area (Å²) in [5.41, 5.74) is 7.43. The van der Waals surface area contributed by atoms with Gasteiger partial charge in [-0.25, -0.2) is 13.2 Å². The quantitative estimate of drug-likeness (QED) is 0.763. The summed E-state index contributed by atoms with van der Waals surface area (Å²) in [6.45, 7) is 0.773. The van der Waals surface area contributed by atoms with Gasteiger partial charge in [-0.1, -0.05) is 0 Å². The van der Waals surface area contributed by atoms with E-state index in [0.717, 1.165) is 29.6 Å². The van der Waals surface area contributed by atoms with Gasteiger partial charge in [0.15, 0.2) is 0 Å². The van der Waals surface area contributed by atoms with Crippen molar-refractivity contribution in [2.45, 2.75) is 42.6 Å². The lowest BCUT2D eigenvalue weighted by atomic mass is 9.91. The number of aromatic nitrogens is 2. The van der Waals surface area contributed by atoms with E-state index in [2.05, 4.69) is 9.97 Å². The van der Waals surface area contributed by atoms with E-state index in [1.807, 2.05) is 4.90 Å². The van der Waals surface area contributed by atoms with Gasteiger partial charge < -0.3 is 15.0 Å². The largest absolute Gasteiger partial charge is 0.609 e. The third-order valence-corrected chi connectivity index (χ3v) is 5.83. The molecular weight excluding hydrogens is 381 g/mol. The van der Waals surface area contributed by atoms with Gasteiger partial charge in [0.25, 0.3) is 0 Å². The summed E-state index contributed by atoms with van der Waals surface area (Å²) in [6, 6.07) is 1.19. The number of rotatable bonds is 3. The molecule has 0 bridgehead atoms. The van der Waals surface area contributed by atoms with E-state index in [1.165, 1.54) is 6.26 Å². The number of aromatic amines is 1. The highest BCUT2D eigenvalue weighted by molar-refractivity contribution is 7.90. The number of imidazole rings is 1. The third kappa shape index (κ3) is 3.36. The topological polar surface area (TPSA) is 90.2 Å². The minimum atomic E-state index is -1.49. The molecule has 0 amide bonds. The Hall–Kier alpha value is -1.59. The van der Waals surface area contributed by atoms with Crippen LogP contribution in [-0.2, 0) is 29.0 Å². The maximum Gasteiger partial charge on any atom is 0.320 e. The highest BCUT2D eigenvalue weighted by atomic mass is 32.2. The summed E-state index contributed by atoms with van der Waals surface area (Å²) < 4.78 is 59.7. The molecule has 4 rings (SSSR count). The van der Waals surface area contributed by atoms with Crippen molar-refractivity contribution in [1.29, 1.82) is 0 Å². The summed E-state index contributed by atoms with van der Waals surface area (Å²) in [7, 11) is 0. The maximum absolute atomic E-state index is 15.1. The van der Waals surface area contributed by atoms with Crippen LogP contribution in [0.2, 0.25) is 0 Å². The summed E-state index contributed by atoms with van der Waals surface area (Å²) in [6.07, 6.45) is -1.02. The van der Waals surface area contributed by atoms with Crippen molar-refractivity contribution in [3.05, 3.63) is 46.8 Å². The molecule has 1 saturated heterocycles. The standard InChI is InChI=1S/C17H19F3N4O2S/c1-27(25)17-22-11-5-24(6-12(11)23-17)13-7-26-16(15(21)14(13)20)9-4-8(18)2-3-10(9)19/h2-4,13-16H,5-7,21H2,1H3,(H,22,23)/t13-,14-,15-,16+,27?/m0/s1. The number of hydrogen-bond donors (Lipinski definition) is 2. The summed E-state index contributed by atoms with van der Waals surface area (Å²) in [4.78, 5) is 9.11. The van der Waals surface area contributed by atoms with E-state index in [-0.39, 0.29) is 12.2 Å². The third-order valence-electron chi connectivity index (χ3n) is 5.09. The Morgan fingerprint density at radius 3 is 2.85 bits per heavy atom. The molecule has 0 spiro atoms. The van der Waals surface area contributed by atoms with Crippen molar-refractivity contribution in [2.24, 2.45) is 5.73 Å². The van der Waals surface area contributed by atoms with Crippen LogP contribution in [0.25, 0.3) is 0 Å². The summed E-state index contributed by atoms with van der Waals surface area (Å²) >= 11 is -1.22. The van der Waals surface area contributed by atoms with E-state index < -0.39 is 47.2 Å². The molecule has 1 fully saturated rings. The van der Waals surface area contributed by atoms with E-state index in [0.29, 0.717) is 18.2 Å². The molecule has 1 unspecified atom stereocenters. The fourth-order valence-corrected chi connectivity index (χ4v) is 4.17.